The topological polar surface area (TPSA) is 66.4 Å². The second-order valence-electron chi connectivity index (χ2n) is 12.6. The summed E-state index contributed by atoms with van der Waals surface area (Å²) in [5.74, 6) is 4.84. The fourth-order valence-corrected chi connectivity index (χ4v) is 7.11. The van der Waals surface area contributed by atoms with Crippen LogP contribution in [0.4, 0.5) is 23.4 Å². The second kappa shape index (κ2) is 12.3. The minimum absolute atomic E-state index is 0.00973. The Balaban J connectivity index is 1.38. The van der Waals surface area contributed by atoms with Gasteiger partial charge in [0.1, 0.15) is 34.6 Å². The third-order valence-electron chi connectivity index (χ3n) is 9.31. The van der Waals surface area contributed by atoms with E-state index < -0.39 is 23.7 Å². The second-order valence-corrected chi connectivity index (χ2v) is 12.6. The van der Waals surface area contributed by atoms with E-state index in [2.05, 4.69) is 33.0 Å². The lowest BCUT2D eigenvalue weighted by atomic mass is 9.96. The minimum atomic E-state index is -2.65. The summed E-state index contributed by atoms with van der Waals surface area (Å²) in [6, 6.07) is 8.53. The fraction of sp³-hybridized carbons (Fsp3) is 0.417. The molecule has 0 radical (unpaired) electrons. The number of alkyl halides is 2. The number of rotatable bonds is 6. The van der Waals surface area contributed by atoms with E-state index in [0.717, 1.165) is 12.8 Å². The number of halogens is 4. The molecule has 7 rings (SSSR count). The van der Waals surface area contributed by atoms with E-state index in [4.69, 9.17) is 21.1 Å². The molecular weight excluding hydrogens is 608 g/mol. The Hall–Kier alpha value is -4.45. The molecule has 3 aliphatic heterocycles. The number of aromatic nitrogens is 3. The summed E-state index contributed by atoms with van der Waals surface area (Å²) in [5.41, 5.74) is 0.506. The van der Waals surface area contributed by atoms with Crippen molar-refractivity contribution >= 4 is 27.5 Å². The number of nitrogens with zero attached hydrogens (tertiary/aromatic N) is 5. The number of fused-ring (bicyclic) bond motifs is 4. The zero-order valence-electron chi connectivity index (χ0n) is 26.2. The van der Waals surface area contributed by atoms with Gasteiger partial charge in [0.05, 0.1) is 10.9 Å². The van der Waals surface area contributed by atoms with Gasteiger partial charge in [-0.15, -0.1) is 6.42 Å². The monoisotopic (exact) mass is 642 g/mol. The Bertz CT molecular complexity index is 1960. The van der Waals surface area contributed by atoms with Crippen LogP contribution >= 0.6 is 0 Å². The smallest absolute Gasteiger partial charge is 0.319 e. The van der Waals surface area contributed by atoms with Crippen molar-refractivity contribution in [2.45, 2.75) is 63.6 Å². The first-order valence-electron chi connectivity index (χ1n) is 15.9. The van der Waals surface area contributed by atoms with Crippen LogP contribution in [-0.4, -0.2) is 76.7 Å². The zero-order valence-corrected chi connectivity index (χ0v) is 26.2. The Morgan fingerprint density at radius 2 is 1.79 bits per heavy atom. The molecule has 2 aromatic heterocycles. The first-order valence-corrected chi connectivity index (χ1v) is 15.9. The van der Waals surface area contributed by atoms with E-state index in [9.17, 15) is 13.2 Å². The maximum absolute atomic E-state index is 17.0. The lowest BCUT2D eigenvalue weighted by Gasteiger charge is -2.35. The van der Waals surface area contributed by atoms with Gasteiger partial charge in [-0.05, 0) is 44.1 Å². The van der Waals surface area contributed by atoms with E-state index >= 15 is 4.39 Å². The van der Waals surface area contributed by atoms with Crippen molar-refractivity contribution in [1.29, 1.82) is 0 Å². The highest BCUT2D eigenvalue weighted by Gasteiger charge is 2.36. The summed E-state index contributed by atoms with van der Waals surface area (Å²) in [5, 5.41) is 4.97. The van der Waals surface area contributed by atoms with Crippen LogP contribution in [0.25, 0.3) is 32.9 Å². The molecule has 4 aromatic rings. The molecule has 242 valence electrons. The average molecular weight is 643 g/mol. The quantitative estimate of drug-likeness (QED) is 0.207. The summed E-state index contributed by atoms with van der Waals surface area (Å²) in [7, 11) is 0. The molecule has 5 heterocycles. The van der Waals surface area contributed by atoms with Crippen LogP contribution in [0.1, 0.15) is 50.8 Å². The summed E-state index contributed by atoms with van der Waals surface area (Å²) >= 11 is 0. The highest BCUT2D eigenvalue weighted by atomic mass is 19.3. The Morgan fingerprint density at radius 3 is 2.49 bits per heavy atom. The molecule has 3 saturated heterocycles. The average Bonchev–Trinajstić information content (AvgIpc) is 3.39. The van der Waals surface area contributed by atoms with E-state index in [1.54, 1.807) is 31.2 Å². The lowest BCUT2D eigenvalue weighted by molar-refractivity contribution is -0.0595. The van der Waals surface area contributed by atoms with Crippen LogP contribution in [0.3, 0.4) is 0 Å². The molecule has 0 spiro atoms. The molecule has 7 nitrogen and oxygen atoms in total. The summed E-state index contributed by atoms with van der Waals surface area (Å²) in [6.07, 6.45) is 6.90. The molecule has 0 aliphatic carbocycles. The van der Waals surface area contributed by atoms with Gasteiger partial charge in [0, 0.05) is 68.6 Å². The number of terminal acetylenes is 1. The molecule has 3 fully saturated rings. The van der Waals surface area contributed by atoms with Gasteiger partial charge in [-0.2, -0.15) is 9.97 Å². The first kappa shape index (κ1) is 31.2. The number of hydrogen-bond acceptors (Lipinski definition) is 7. The van der Waals surface area contributed by atoms with Crippen molar-refractivity contribution in [3.8, 4) is 41.5 Å². The summed E-state index contributed by atoms with van der Waals surface area (Å²) < 4.78 is 65.6. The van der Waals surface area contributed by atoms with Crippen LogP contribution in [0.5, 0.6) is 6.01 Å². The number of likely N-dealkylation sites (tertiary alicyclic amines) is 1. The van der Waals surface area contributed by atoms with Crippen molar-refractivity contribution < 1.29 is 22.3 Å². The highest BCUT2D eigenvalue weighted by molar-refractivity contribution is 6.03. The van der Waals surface area contributed by atoms with Crippen molar-refractivity contribution in [3.63, 3.8) is 0 Å². The van der Waals surface area contributed by atoms with Crippen molar-refractivity contribution in [2.24, 2.45) is 0 Å². The third kappa shape index (κ3) is 5.95. The normalized spacial score (nSPS) is 21.3. The van der Waals surface area contributed by atoms with Gasteiger partial charge in [-0.3, -0.25) is 4.90 Å². The van der Waals surface area contributed by atoms with Crippen LogP contribution < -0.4 is 15.0 Å². The first-order chi connectivity index (χ1) is 22.6. The van der Waals surface area contributed by atoms with Gasteiger partial charge in [0.25, 0.3) is 5.92 Å². The molecule has 0 saturated carbocycles. The van der Waals surface area contributed by atoms with Gasteiger partial charge in [-0.25, -0.2) is 22.5 Å². The van der Waals surface area contributed by atoms with Crippen LogP contribution in [0.2, 0.25) is 0 Å². The number of nitrogens with one attached hydrogen (secondary N) is 1. The van der Waals surface area contributed by atoms with E-state index in [-0.39, 0.29) is 66.5 Å². The molecule has 3 atom stereocenters. The molecule has 3 aliphatic rings. The Kier molecular flexibility index (Phi) is 8.15. The predicted octanol–water partition coefficient (Wildman–Crippen LogP) is 5.91. The van der Waals surface area contributed by atoms with Gasteiger partial charge in [-0.1, -0.05) is 36.1 Å². The molecule has 2 bridgehead atoms. The molecular formula is C36H34F4N6O. The van der Waals surface area contributed by atoms with Gasteiger partial charge < -0.3 is 15.0 Å². The summed E-state index contributed by atoms with van der Waals surface area (Å²) in [6.45, 7) is 5.68. The SMILES string of the molecule is C#Cc1c(F)ccc2cccc(-c3nc(C#CC)c4c(N5C[C@H]6CC[C@@H](C5)N6)nc(O[C@@H](C)CN5CCC(F)(F)CC5)nc4c3F)c12. The molecule has 0 amide bonds. The number of pyridine rings is 1. The molecule has 1 N–H and O–H groups in total. The third-order valence-corrected chi connectivity index (χ3v) is 9.31. The van der Waals surface area contributed by atoms with E-state index in [1.807, 2.05) is 11.8 Å². The van der Waals surface area contributed by atoms with Crippen LogP contribution in [-0.2, 0) is 0 Å². The van der Waals surface area contributed by atoms with Crippen molar-refractivity contribution in [2.75, 3.05) is 37.6 Å². The number of ether oxygens (including phenoxy) is 1. The van der Waals surface area contributed by atoms with E-state index in [0.29, 0.717) is 47.2 Å². The van der Waals surface area contributed by atoms with E-state index in [1.165, 1.54) is 6.07 Å². The number of anilines is 1. The van der Waals surface area contributed by atoms with Gasteiger partial charge in [0.15, 0.2) is 5.82 Å². The minimum Gasteiger partial charge on any atom is -0.459 e. The van der Waals surface area contributed by atoms with Crippen molar-refractivity contribution in [1.82, 2.24) is 25.2 Å². The van der Waals surface area contributed by atoms with Crippen LogP contribution in [0, 0.1) is 35.8 Å². The van der Waals surface area contributed by atoms with Crippen LogP contribution in [0.15, 0.2) is 30.3 Å². The van der Waals surface area contributed by atoms with Crippen molar-refractivity contribution in [3.05, 3.63) is 53.2 Å². The molecule has 2 aromatic carbocycles. The highest BCUT2D eigenvalue weighted by Crippen LogP contribution is 2.39. The lowest BCUT2D eigenvalue weighted by Crippen LogP contribution is -2.51. The molecule has 0 unspecified atom stereocenters. The largest absolute Gasteiger partial charge is 0.459 e. The fourth-order valence-electron chi connectivity index (χ4n) is 7.11. The van der Waals surface area contributed by atoms with Gasteiger partial charge >= 0.3 is 6.01 Å². The standard InChI is InChI=1S/C36H34F4N6O/c1-4-7-28-30-33(31(38)32(42-28)26-9-6-8-22-10-13-27(37)25(5-2)29(22)26)43-35(44-34(30)46-19-23-11-12-24(20-46)41-23)47-21(3)18-45-16-14-36(39,40)15-17-45/h2,6,8-10,13,21,23-24,41H,11-12,14-20H2,1,3H3/t21-,23-,24+/m0/s1. The summed E-state index contributed by atoms with van der Waals surface area (Å²) in [4.78, 5) is 18.2. The maximum atomic E-state index is 17.0. The Morgan fingerprint density at radius 1 is 1.04 bits per heavy atom. The number of benzene rings is 2. The number of piperidine rings is 1. The molecule has 47 heavy (non-hydrogen) atoms. The molecule has 11 heteroatoms. The maximum Gasteiger partial charge on any atom is 0.319 e. The Labute approximate surface area is 270 Å². The van der Waals surface area contributed by atoms with Gasteiger partial charge in [0.2, 0.25) is 0 Å². The predicted molar refractivity (Wildman–Crippen MR) is 174 cm³/mol. The number of piperazine rings is 1. The zero-order chi connectivity index (χ0) is 32.9. The number of hydrogen-bond donors (Lipinski definition) is 1.